The van der Waals surface area contributed by atoms with Gasteiger partial charge in [-0.2, -0.15) is 13.2 Å². The molecule has 0 unspecified atom stereocenters. The lowest BCUT2D eigenvalue weighted by atomic mass is 9.84. The number of rotatable bonds is 6. The number of phenols is 1. The zero-order valence-corrected chi connectivity index (χ0v) is 18.0. The number of anilines is 1. The number of halogens is 4. The molecule has 0 bridgehead atoms. The second-order valence-corrected chi connectivity index (χ2v) is 8.43. The van der Waals surface area contributed by atoms with Crippen molar-refractivity contribution in [3.63, 3.8) is 0 Å². The minimum absolute atomic E-state index is 0.0154. The smallest absolute Gasteiger partial charge is 0.416 e. The average molecular weight is 469 g/mol. The Labute approximate surface area is 189 Å². The lowest BCUT2D eigenvalue weighted by molar-refractivity contribution is -0.137. The maximum absolute atomic E-state index is 13.0. The quantitative estimate of drug-likeness (QED) is 0.503. The summed E-state index contributed by atoms with van der Waals surface area (Å²) < 4.78 is 39.0. The lowest BCUT2D eigenvalue weighted by Gasteiger charge is -2.27. The Bertz CT molecular complexity index is 975. The predicted octanol–water partition coefficient (Wildman–Crippen LogP) is 5.77. The topological polar surface area (TPSA) is 78.4 Å². The molecule has 0 aliphatic heterocycles. The summed E-state index contributed by atoms with van der Waals surface area (Å²) in [6.45, 7) is 0. The lowest BCUT2D eigenvalue weighted by Crippen LogP contribution is -2.45. The van der Waals surface area contributed by atoms with Crippen LogP contribution in [0.4, 0.5) is 18.9 Å². The molecule has 5 nitrogen and oxygen atoms in total. The van der Waals surface area contributed by atoms with Crippen molar-refractivity contribution in [2.24, 2.45) is 5.92 Å². The summed E-state index contributed by atoms with van der Waals surface area (Å²) in [4.78, 5) is 25.7. The molecule has 1 saturated carbocycles. The molecule has 0 radical (unpaired) electrons. The normalized spacial score (nSPS) is 15.8. The summed E-state index contributed by atoms with van der Waals surface area (Å²) >= 11 is 5.91. The largest absolute Gasteiger partial charge is 0.507 e. The number of carbonyl (C=O) groups is 2. The van der Waals surface area contributed by atoms with E-state index in [4.69, 9.17) is 11.6 Å². The fourth-order valence-corrected chi connectivity index (χ4v) is 4.09. The predicted molar refractivity (Wildman–Crippen MR) is 116 cm³/mol. The molecule has 3 rings (SSSR count). The third kappa shape index (κ3) is 6.38. The summed E-state index contributed by atoms with van der Waals surface area (Å²) in [7, 11) is 0. The highest BCUT2D eigenvalue weighted by molar-refractivity contribution is 6.31. The first-order chi connectivity index (χ1) is 15.1. The first kappa shape index (κ1) is 23.9. The van der Waals surface area contributed by atoms with Crippen molar-refractivity contribution in [1.29, 1.82) is 0 Å². The molecule has 2 aromatic carbocycles. The highest BCUT2D eigenvalue weighted by Crippen LogP contribution is 2.31. The first-order valence-electron chi connectivity index (χ1n) is 10.4. The van der Waals surface area contributed by atoms with Crippen molar-refractivity contribution >= 4 is 29.1 Å². The Kier molecular flexibility index (Phi) is 7.66. The molecule has 1 atom stereocenters. The summed E-state index contributed by atoms with van der Waals surface area (Å²) in [5, 5.41) is 15.3. The molecular weight excluding hydrogens is 445 g/mol. The Morgan fingerprint density at radius 1 is 1.09 bits per heavy atom. The van der Waals surface area contributed by atoms with E-state index in [1.54, 1.807) is 0 Å². The van der Waals surface area contributed by atoms with Gasteiger partial charge in [-0.25, -0.2) is 0 Å². The van der Waals surface area contributed by atoms with Gasteiger partial charge >= 0.3 is 6.18 Å². The van der Waals surface area contributed by atoms with E-state index in [9.17, 15) is 27.9 Å². The molecule has 1 aliphatic rings. The average Bonchev–Trinajstić information content (AvgIpc) is 2.75. The standard InChI is InChI=1S/C23H24ClF3N2O3/c24-16-9-10-20(30)18(13-16)21(31)29-19(11-14-5-2-1-3-6-14)22(32)28-17-8-4-7-15(12-17)23(25,26)27/h4,7-10,12-14,19,30H,1-3,5-6,11H2,(H,28,32)(H,29,31)/t19-/m0/s1. The summed E-state index contributed by atoms with van der Waals surface area (Å²) in [5.41, 5.74) is -0.983. The zero-order chi connectivity index (χ0) is 23.3. The van der Waals surface area contributed by atoms with Gasteiger partial charge in [-0.05, 0) is 48.7 Å². The number of nitrogens with one attached hydrogen (secondary N) is 2. The molecule has 0 saturated heterocycles. The highest BCUT2D eigenvalue weighted by atomic mass is 35.5. The molecule has 0 spiro atoms. The van der Waals surface area contributed by atoms with E-state index in [1.165, 1.54) is 30.3 Å². The molecule has 2 aromatic rings. The molecule has 0 heterocycles. The summed E-state index contributed by atoms with van der Waals surface area (Å²) in [6, 6.07) is 7.32. The van der Waals surface area contributed by atoms with Crippen molar-refractivity contribution in [3.8, 4) is 5.75 Å². The first-order valence-corrected chi connectivity index (χ1v) is 10.8. The van der Waals surface area contributed by atoms with Crippen LogP contribution in [0.1, 0.15) is 54.4 Å². The number of carbonyl (C=O) groups excluding carboxylic acids is 2. The van der Waals surface area contributed by atoms with Gasteiger partial charge in [-0.15, -0.1) is 0 Å². The van der Waals surface area contributed by atoms with E-state index in [0.29, 0.717) is 6.42 Å². The van der Waals surface area contributed by atoms with Crippen LogP contribution in [0.15, 0.2) is 42.5 Å². The van der Waals surface area contributed by atoms with Crippen LogP contribution in [0.25, 0.3) is 0 Å². The highest BCUT2D eigenvalue weighted by Gasteiger charge is 2.31. The second-order valence-electron chi connectivity index (χ2n) is 8.00. The van der Waals surface area contributed by atoms with E-state index in [1.807, 2.05) is 0 Å². The molecule has 0 aromatic heterocycles. The number of aromatic hydroxyl groups is 1. The fourth-order valence-electron chi connectivity index (χ4n) is 3.92. The van der Waals surface area contributed by atoms with Crippen LogP contribution >= 0.6 is 11.6 Å². The van der Waals surface area contributed by atoms with Crippen molar-refractivity contribution in [2.45, 2.75) is 50.7 Å². The molecule has 1 aliphatic carbocycles. The van der Waals surface area contributed by atoms with Crippen LogP contribution < -0.4 is 10.6 Å². The number of amides is 2. The van der Waals surface area contributed by atoms with Crippen molar-refractivity contribution < 1.29 is 27.9 Å². The van der Waals surface area contributed by atoms with Gasteiger partial charge in [0.2, 0.25) is 5.91 Å². The number of alkyl halides is 3. The molecule has 172 valence electrons. The van der Waals surface area contributed by atoms with Gasteiger partial charge in [0, 0.05) is 10.7 Å². The Morgan fingerprint density at radius 3 is 2.50 bits per heavy atom. The summed E-state index contributed by atoms with van der Waals surface area (Å²) in [5.74, 6) is -1.40. The maximum atomic E-state index is 13.0. The zero-order valence-electron chi connectivity index (χ0n) is 17.2. The van der Waals surface area contributed by atoms with E-state index in [2.05, 4.69) is 10.6 Å². The van der Waals surface area contributed by atoms with Crippen LogP contribution in [-0.4, -0.2) is 23.0 Å². The van der Waals surface area contributed by atoms with Gasteiger partial charge in [0.25, 0.3) is 5.91 Å². The third-order valence-corrected chi connectivity index (χ3v) is 5.81. The molecule has 32 heavy (non-hydrogen) atoms. The molecule has 1 fully saturated rings. The van der Waals surface area contributed by atoms with Gasteiger partial charge in [0.05, 0.1) is 11.1 Å². The Morgan fingerprint density at radius 2 is 1.81 bits per heavy atom. The fraction of sp³-hybridized carbons (Fsp3) is 0.391. The third-order valence-electron chi connectivity index (χ3n) is 5.58. The van der Waals surface area contributed by atoms with Crippen LogP contribution in [0.5, 0.6) is 5.75 Å². The molecule has 9 heteroatoms. The summed E-state index contributed by atoms with van der Waals surface area (Å²) in [6.07, 6.45) is 0.779. The van der Waals surface area contributed by atoms with E-state index >= 15 is 0 Å². The SMILES string of the molecule is O=C(N[C@@H](CC1CCCCC1)C(=O)Nc1cccc(C(F)(F)F)c1)c1cc(Cl)ccc1O. The number of hydrogen-bond donors (Lipinski definition) is 3. The van der Waals surface area contributed by atoms with E-state index < -0.39 is 29.6 Å². The van der Waals surface area contributed by atoms with E-state index in [0.717, 1.165) is 44.2 Å². The van der Waals surface area contributed by atoms with Crippen LogP contribution in [0.3, 0.4) is 0 Å². The van der Waals surface area contributed by atoms with Crippen molar-refractivity contribution in [3.05, 3.63) is 58.6 Å². The number of hydrogen-bond acceptors (Lipinski definition) is 3. The number of benzene rings is 2. The molecule has 2 amide bonds. The monoisotopic (exact) mass is 468 g/mol. The van der Waals surface area contributed by atoms with E-state index in [-0.39, 0.29) is 27.9 Å². The maximum Gasteiger partial charge on any atom is 0.416 e. The van der Waals surface area contributed by atoms with Crippen LogP contribution in [0, 0.1) is 5.92 Å². The Balaban J connectivity index is 1.79. The molecular formula is C23H24ClF3N2O3. The minimum Gasteiger partial charge on any atom is -0.507 e. The van der Waals surface area contributed by atoms with Gasteiger partial charge in [-0.1, -0.05) is 49.8 Å². The molecule has 3 N–H and O–H groups in total. The van der Waals surface area contributed by atoms with Crippen LogP contribution in [0.2, 0.25) is 5.02 Å². The van der Waals surface area contributed by atoms with Gasteiger partial charge in [-0.3, -0.25) is 9.59 Å². The van der Waals surface area contributed by atoms with Crippen molar-refractivity contribution in [2.75, 3.05) is 5.32 Å². The van der Waals surface area contributed by atoms with Gasteiger partial charge in [0.15, 0.2) is 0 Å². The van der Waals surface area contributed by atoms with Crippen LogP contribution in [-0.2, 0) is 11.0 Å². The van der Waals surface area contributed by atoms with Gasteiger partial charge < -0.3 is 15.7 Å². The second kappa shape index (κ2) is 10.3. The van der Waals surface area contributed by atoms with Crippen molar-refractivity contribution in [1.82, 2.24) is 5.32 Å². The Hall–Kier alpha value is -2.74. The number of phenolic OH excluding ortho intramolecular Hbond substituents is 1. The minimum atomic E-state index is -4.54. The van der Waals surface area contributed by atoms with Gasteiger partial charge in [0.1, 0.15) is 11.8 Å².